The Labute approximate surface area is 364 Å². The van der Waals surface area contributed by atoms with E-state index in [2.05, 4.69) is 21.3 Å². The fourth-order valence-electron chi connectivity index (χ4n) is 8.09. The number of hydrogen-bond acceptors (Lipinski definition) is 10. The summed E-state index contributed by atoms with van der Waals surface area (Å²) in [6.45, 7) is 8.33. The van der Waals surface area contributed by atoms with Crippen LogP contribution in [0, 0.1) is 18.7 Å². The Morgan fingerprint density at radius 2 is 1.80 bits per heavy atom. The van der Waals surface area contributed by atoms with Gasteiger partial charge >= 0.3 is 12.1 Å². The van der Waals surface area contributed by atoms with Gasteiger partial charge in [0, 0.05) is 61.8 Å². The number of carbonyl (C=O) groups is 4. The maximum Gasteiger partial charge on any atom is 0.407 e. The number of alkyl carbamates (subject to hydrolysis) is 1. The van der Waals surface area contributed by atoms with Gasteiger partial charge in [0.25, 0.3) is 5.56 Å². The SMILES string of the molecule is CC[C@@]1(O)C(=O)OCc2c1cc1n(c2=O)Cc2c-1nc1cc(F)c(C)c3c1c2[C@@H](NC(=O)OCc1ccc(CNC(=O)[C@H](C)NC(=O)[C@@H](N[C-]=O)C(C)C)cc1)CC3.[Y]. The first-order valence-corrected chi connectivity index (χ1v) is 19.2. The van der Waals surface area contributed by atoms with Crippen LogP contribution in [0.3, 0.4) is 0 Å². The van der Waals surface area contributed by atoms with E-state index in [0.29, 0.717) is 57.4 Å². The van der Waals surface area contributed by atoms with E-state index in [0.717, 1.165) is 11.1 Å². The average Bonchev–Trinajstić information content (AvgIpc) is 3.57. The Balaban J connectivity index is 0.00000585. The van der Waals surface area contributed by atoms with Crippen LogP contribution in [0.25, 0.3) is 22.3 Å². The number of nitrogens with zero attached hydrogens (tertiary/aromatic N) is 2. The van der Waals surface area contributed by atoms with E-state index in [9.17, 15) is 33.9 Å². The molecule has 59 heavy (non-hydrogen) atoms. The summed E-state index contributed by atoms with van der Waals surface area (Å²) in [5, 5.41) is 22.7. The predicted molar refractivity (Wildman–Crippen MR) is 207 cm³/mol. The molecule has 0 bridgehead atoms. The number of carbonyl (C=O) groups excluding carboxylic acids is 5. The first-order chi connectivity index (χ1) is 27.7. The van der Waals surface area contributed by atoms with Crippen molar-refractivity contribution in [3.63, 3.8) is 0 Å². The third-order valence-electron chi connectivity index (χ3n) is 11.4. The number of ether oxygens (including phenoxy) is 2. The molecule has 1 aliphatic carbocycles. The van der Waals surface area contributed by atoms with Crippen molar-refractivity contribution < 1.29 is 75.7 Å². The fraction of sp³-hybridized carbons (Fsp3) is 0.405. The second-order valence-electron chi connectivity index (χ2n) is 15.4. The van der Waals surface area contributed by atoms with Crippen LogP contribution in [-0.2, 0) is 99.7 Å². The molecule has 3 aliphatic rings. The van der Waals surface area contributed by atoms with Crippen molar-refractivity contribution in [2.24, 2.45) is 5.92 Å². The van der Waals surface area contributed by atoms with Gasteiger partial charge in [-0.2, -0.15) is 6.41 Å². The Hall–Kier alpha value is -5.06. The minimum atomic E-state index is -2.01. The number of esters is 1. The number of rotatable bonds is 12. The van der Waals surface area contributed by atoms with Gasteiger partial charge in [-0.1, -0.05) is 45.0 Å². The second kappa shape index (κ2) is 17.3. The molecular formula is C42H44FN6O9Y-. The molecular weight excluding hydrogens is 840 g/mol. The number of cyclic esters (lactones) is 1. The van der Waals surface area contributed by atoms with E-state index < -0.39 is 59.0 Å². The molecule has 1 radical (unpaired) electrons. The molecule has 307 valence electrons. The van der Waals surface area contributed by atoms with Crippen molar-refractivity contribution in [2.45, 2.75) is 104 Å². The quantitative estimate of drug-likeness (QED) is 0.0703. The zero-order valence-corrected chi connectivity index (χ0v) is 36.1. The number of pyridine rings is 2. The van der Waals surface area contributed by atoms with Crippen LogP contribution in [0.4, 0.5) is 9.18 Å². The van der Waals surface area contributed by atoms with Crippen molar-refractivity contribution >= 4 is 41.2 Å². The monoisotopic (exact) mass is 884 g/mol. The number of nitrogens with one attached hydrogen (secondary N) is 4. The number of hydrogen-bond donors (Lipinski definition) is 5. The Kier molecular flexibility index (Phi) is 12.7. The smallest absolute Gasteiger partial charge is 0.407 e. The van der Waals surface area contributed by atoms with Crippen LogP contribution in [0.5, 0.6) is 0 Å². The molecule has 0 spiro atoms. The van der Waals surface area contributed by atoms with Gasteiger partial charge in [0.15, 0.2) is 5.60 Å². The van der Waals surface area contributed by atoms with Gasteiger partial charge in [-0.15, -0.1) is 0 Å². The summed E-state index contributed by atoms with van der Waals surface area (Å²) < 4.78 is 27.6. The summed E-state index contributed by atoms with van der Waals surface area (Å²) in [6.07, 6.45) is 1.70. The average molecular weight is 885 g/mol. The molecule has 4 aromatic rings. The molecule has 2 aromatic heterocycles. The molecule has 4 amide bonds. The van der Waals surface area contributed by atoms with Crippen LogP contribution < -0.4 is 26.8 Å². The molecule has 5 N–H and O–H groups in total. The maximum absolute atomic E-state index is 15.3. The fourth-order valence-corrected chi connectivity index (χ4v) is 8.09. The maximum atomic E-state index is 15.3. The van der Waals surface area contributed by atoms with Crippen LogP contribution in [0.2, 0.25) is 0 Å². The summed E-state index contributed by atoms with van der Waals surface area (Å²) in [7, 11) is 0. The van der Waals surface area contributed by atoms with Gasteiger partial charge in [0.2, 0.25) is 11.8 Å². The number of aromatic nitrogens is 2. The Morgan fingerprint density at radius 1 is 1.08 bits per heavy atom. The Bertz CT molecular complexity index is 2440. The van der Waals surface area contributed by atoms with Gasteiger partial charge in [-0.05, 0) is 72.9 Å². The number of aryl methyl sites for hydroxylation is 1. The number of aliphatic hydroxyl groups is 1. The van der Waals surface area contributed by atoms with Gasteiger partial charge in [0.05, 0.1) is 41.1 Å². The zero-order valence-electron chi connectivity index (χ0n) is 33.3. The molecule has 0 unspecified atom stereocenters. The second-order valence-corrected chi connectivity index (χ2v) is 15.4. The van der Waals surface area contributed by atoms with E-state index in [1.165, 1.54) is 24.0 Å². The summed E-state index contributed by atoms with van der Waals surface area (Å²) in [6, 6.07) is 7.76. The van der Waals surface area contributed by atoms with Crippen molar-refractivity contribution in [1.82, 2.24) is 30.8 Å². The Morgan fingerprint density at radius 3 is 2.47 bits per heavy atom. The van der Waals surface area contributed by atoms with Crippen LogP contribution >= 0.6 is 0 Å². The summed E-state index contributed by atoms with van der Waals surface area (Å²) in [5.41, 5.74) is 3.11. The summed E-state index contributed by atoms with van der Waals surface area (Å²) in [4.78, 5) is 80.7. The van der Waals surface area contributed by atoms with Gasteiger partial charge in [-0.25, -0.2) is 19.0 Å². The molecule has 2 aromatic carbocycles. The van der Waals surface area contributed by atoms with E-state index >= 15 is 4.39 Å². The number of halogens is 1. The van der Waals surface area contributed by atoms with E-state index in [1.807, 2.05) is 0 Å². The molecule has 2 aliphatic heterocycles. The number of amides is 4. The first-order valence-electron chi connectivity index (χ1n) is 19.2. The van der Waals surface area contributed by atoms with Gasteiger partial charge < -0.3 is 45.2 Å². The first kappa shape index (κ1) is 43.5. The molecule has 0 saturated carbocycles. The largest absolute Gasteiger partial charge is 0.520 e. The molecule has 0 saturated heterocycles. The third kappa shape index (κ3) is 8.01. The van der Waals surface area contributed by atoms with Crippen LogP contribution in [0.1, 0.15) is 91.1 Å². The normalized spacial score (nSPS) is 18.3. The zero-order chi connectivity index (χ0) is 41.6. The van der Waals surface area contributed by atoms with Gasteiger partial charge in [-0.3, -0.25) is 14.4 Å². The summed E-state index contributed by atoms with van der Waals surface area (Å²) in [5.74, 6) is -2.37. The summed E-state index contributed by atoms with van der Waals surface area (Å²) >= 11 is 0. The van der Waals surface area contributed by atoms with Crippen LogP contribution in [-0.4, -0.2) is 57.0 Å². The number of fused-ring (bicyclic) bond motifs is 5. The van der Waals surface area contributed by atoms with Crippen LogP contribution in [0.15, 0.2) is 41.2 Å². The van der Waals surface area contributed by atoms with E-state index in [1.54, 1.807) is 58.0 Å². The van der Waals surface area contributed by atoms with E-state index in [-0.39, 0.29) is 82.5 Å². The molecule has 15 nitrogen and oxygen atoms in total. The molecule has 0 fully saturated rings. The third-order valence-corrected chi connectivity index (χ3v) is 11.4. The van der Waals surface area contributed by atoms with Crippen molar-refractivity contribution in [1.29, 1.82) is 0 Å². The van der Waals surface area contributed by atoms with E-state index in [4.69, 9.17) is 14.5 Å². The molecule has 4 atom stereocenters. The minimum absolute atomic E-state index is 0. The molecule has 17 heteroatoms. The number of benzene rings is 2. The van der Waals surface area contributed by atoms with Crippen molar-refractivity contribution in [2.75, 3.05) is 0 Å². The van der Waals surface area contributed by atoms with Gasteiger partial charge in [0.1, 0.15) is 25.1 Å². The van der Waals surface area contributed by atoms with Crippen molar-refractivity contribution in [3.05, 3.63) is 97.1 Å². The topological polar surface area (TPSA) is 207 Å². The molecule has 7 rings (SSSR count). The van der Waals surface area contributed by atoms with Crippen molar-refractivity contribution in [3.8, 4) is 11.4 Å². The minimum Gasteiger partial charge on any atom is -0.520 e. The molecule has 4 heterocycles. The standard InChI is InChI=1S/C42H44FN6O9.Y/c1-6-42(56)28-13-32-36-26(16-49(32)39(53)27(28)18-57-40(42)54)34-30(12-11-25-21(4)29(43)14-31(47-36)33(25)34)48-41(55)58-17-24-9-7-23(8-10-24)15-44-37(51)22(5)46-38(52)35(20(2)3)45-19-50;/h7-10,13-14,20,22,30,35,56H,6,11-12,15-18H2,1-5H3,(H,44,51)(H,45,50)(H,46,52)(H,48,55);/q-1;/t22-,30-,35-,42-;/m0./s1. The predicted octanol–water partition coefficient (Wildman–Crippen LogP) is 3.24.